The van der Waals surface area contributed by atoms with E-state index >= 15 is 0 Å². The maximum Gasteiger partial charge on any atom is 0.372 e. The third-order valence-corrected chi connectivity index (χ3v) is 7.03. The van der Waals surface area contributed by atoms with Crippen molar-refractivity contribution in [3.8, 4) is 0 Å². The predicted octanol–water partition coefficient (Wildman–Crippen LogP) is 3.58. The van der Waals surface area contributed by atoms with Crippen LogP contribution < -0.4 is 5.19 Å². The van der Waals surface area contributed by atoms with Gasteiger partial charge in [-0.3, -0.25) is 0 Å². The minimum absolute atomic E-state index is 0.711. The summed E-state index contributed by atoms with van der Waals surface area (Å²) in [5, 5.41) is 1.23. The number of benzene rings is 1. The van der Waals surface area contributed by atoms with Gasteiger partial charge in [-0.15, -0.1) is 0 Å². The van der Waals surface area contributed by atoms with E-state index in [2.05, 4.69) is 47.1 Å². The zero-order valence-corrected chi connectivity index (χ0v) is 13.4. The largest absolute Gasteiger partial charge is 0.391 e. The van der Waals surface area contributed by atoms with Gasteiger partial charge in [0.05, 0.1) is 0 Å². The highest BCUT2D eigenvalue weighted by molar-refractivity contribution is 9.10. The average molecular weight is 317 g/mol. The first-order valence-corrected chi connectivity index (χ1v) is 9.04. The molecule has 96 valence electrons. The normalized spacial score (nSPS) is 11.8. The molecule has 0 atom stereocenters. The Balaban J connectivity index is 3.04. The van der Waals surface area contributed by atoms with Gasteiger partial charge in [0.15, 0.2) is 0 Å². The van der Waals surface area contributed by atoms with Crippen molar-refractivity contribution in [2.75, 3.05) is 13.2 Å². The molecule has 1 aromatic rings. The molecule has 0 aromatic heterocycles. The maximum atomic E-state index is 6.04. The van der Waals surface area contributed by atoms with Gasteiger partial charge in [-0.25, -0.2) is 0 Å². The fraction of sp³-hybridized carbons (Fsp3) is 0.538. The van der Waals surface area contributed by atoms with Crippen LogP contribution in [0.3, 0.4) is 0 Å². The zero-order valence-electron chi connectivity index (χ0n) is 10.8. The molecule has 0 amide bonds. The summed E-state index contributed by atoms with van der Waals surface area (Å²) in [5.41, 5.74) is 0. The second kappa shape index (κ2) is 7.31. The SMILES string of the molecule is CCC[Si](OCC)(OCC)c1ccc(Br)cc1. The monoisotopic (exact) mass is 316 g/mol. The van der Waals surface area contributed by atoms with E-state index in [1.807, 2.05) is 13.8 Å². The summed E-state index contributed by atoms with van der Waals surface area (Å²) in [6.45, 7) is 7.67. The van der Waals surface area contributed by atoms with Gasteiger partial charge in [0.25, 0.3) is 0 Å². The van der Waals surface area contributed by atoms with Crippen molar-refractivity contribution < 1.29 is 8.85 Å². The van der Waals surface area contributed by atoms with E-state index in [0.717, 1.165) is 16.9 Å². The van der Waals surface area contributed by atoms with Gasteiger partial charge in [0.1, 0.15) is 0 Å². The molecule has 1 aromatic carbocycles. The van der Waals surface area contributed by atoms with Crippen LogP contribution in [0.15, 0.2) is 28.7 Å². The Morgan fingerprint density at radius 1 is 1.00 bits per heavy atom. The van der Waals surface area contributed by atoms with E-state index in [0.29, 0.717) is 13.2 Å². The van der Waals surface area contributed by atoms with Crippen LogP contribution >= 0.6 is 15.9 Å². The molecule has 0 saturated heterocycles. The summed E-state index contributed by atoms with van der Waals surface area (Å²) < 4.78 is 13.2. The molecule has 0 N–H and O–H groups in total. The Morgan fingerprint density at radius 3 is 1.94 bits per heavy atom. The standard InChI is InChI=1S/C13H21BrO2Si/c1-4-11-17(15-5-2,16-6-3)13-9-7-12(14)8-10-13/h7-10H,4-6,11H2,1-3H3. The van der Waals surface area contributed by atoms with Gasteiger partial charge in [0.2, 0.25) is 0 Å². The number of hydrogen-bond donors (Lipinski definition) is 0. The van der Waals surface area contributed by atoms with E-state index < -0.39 is 8.56 Å². The van der Waals surface area contributed by atoms with Gasteiger partial charge in [-0.05, 0) is 37.2 Å². The lowest BCUT2D eigenvalue weighted by Gasteiger charge is -2.30. The third-order valence-electron chi connectivity index (χ3n) is 2.62. The number of halogens is 1. The van der Waals surface area contributed by atoms with Crippen LogP contribution in [0.5, 0.6) is 0 Å². The van der Waals surface area contributed by atoms with Crippen molar-refractivity contribution in [1.82, 2.24) is 0 Å². The predicted molar refractivity (Wildman–Crippen MR) is 77.9 cm³/mol. The highest BCUT2D eigenvalue weighted by atomic mass is 79.9. The first-order valence-electron chi connectivity index (χ1n) is 6.22. The first-order chi connectivity index (χ1) is 8.18. The fourth-order valence-electron chi connectivity index (χ4n) is 2.00. The molecule has 2 nitrogen and oxygen atoms in total. The third kappa shape index (κ3) is 3.91. The molecule has 0 saturated carbocycles. The van der Waals surface area contributed by atoms with Crippen molar-refractivity contribution in [3.63, 3.8) is 0 Å². The molecule has 0 heterocycles. The molecular formula is C13H21BrO2Si. The van der Waals surface area contributed by atoms with Gasteiger partial charge in [0, 0.05) is 17.7 Å². The molecule has 0 fully saturated rings. The Kier molecular flexibility index (Phi) is 6.41. The zero-order chi connectivity index (χ0) is 12.7. The number of rotatable bonds is 7. The second-order valence-corrected chi connectivity index (χ2v) is 7.95. The highest BCUT2D eigenvalue weighted by Crippen LogP contribution is 2.18. The first kappa shape index (κ1) is 14.9. The van der Waals surface area contributed by atoms with Gasteiger partial charge in [-0.2, -0.15) is 0 Å². The summed E-state index contributed by atoms with van der Waals surface area (Å²) in [6, 6.07) is 9.38. The molecule has 17 heavy (non-hydrogen) atoms. The minimum atomic E-state index is -2.22. The molecule has 1 rings (SSSR count). The summed E-state index contributed by atoms with van der Waals surface area (Å²) in [4.78, 5) is 0. The lowest BCUT2D eigenvalue weighted by molar-refractivity contribution is 0.195. The molecular weight excluding hydrogens is 296 g/mol. The van der Waals surface area contributed by atoms with E-state index in [9.17, 15) is 0 Å². The highest BCUT2D eigenvalue weighted by Gasteiger charge is 2.38. The maximum absolute atomic E-state index is 6.04. The molecule has 0 radical (unpaired) electrons. The van der Waals surface area contributed by atoms with Crippen LogP contribution in [0.1, 0.15) is 27.2 Å². The number of hydrogen-bond acceptors (Lipinski definition) is 2. The molecule has 0 spiro atoms. The van der Waals surface area contributed by atoms with Gasteiger partial charge in [-0.1, -0.05) is 41.4 Å². The van der Waals surface area contributed by atoms with Crippen molar-refractivity contribution in [2.24, 2.45) is 0 Å². The molecule has 0 aliphatic carbocycles. The minimum Gasteiger partial charge on any atom is -0.391 e. The van der Waals surface area contributed by atoms with Crippen LogP contribution in [-0.2, 0) is 8.85 Å². The molecule has 0 bridgehead atoms. The summed E-state index contributed by atoms with van der Waals surface area (Å²) in [7, 11) is -2.22. The van der Waals surface area contributed by atoms with Crippen LogP contribution in [0.4, 0.5) is 0 Å². The average Bonchev–Trinajstić information content (AvgIpc) is 2.30. The molecule has 4 heteroatoms. The van der Waals surface area contributed by atoms with Crippen LogP contribution in [0, 0.1) is 0 Å². The Bertz CT molecular complexity index is 310. The van der Waals surface area contributed by atoms with Crippen LogP contribution in [0.2, 0.25) is 6.04 Å². The summed E-state index contributed by atoms with van der Waals surface area (Å²) >= 11 is 3.46. The smallest absolute Gasteiger partial charge is 0.372 e. The Hall–Kier alpha value is -0.163. The van der Waals surface area contributed by atoms with E-state index in [1.54, 1.807) is 0 Å². The van der Waals surface area contributed by atoms with E-state index in [1.165, 1.54) is 5.19 Å². The van der Waals surface area contributed by atoms with Crippen molar-refractivity contribution >= 4 is 29.7 Å². The Labute approximate surface area is 114 Å². The van der Waals surface area contributed by atoms with E-state index in [-0.39, 0.29) is 0 Å². The molecule has 0 aliphatic heterocycles. The summed E-state index contributed by atoms with van der Waals surface area (Å²) in [5.74, 6) is 0. The van der Waals surface area contributed by atoms with Gasteiger partial charge >= 0.3 is 8.56 Å². The lowest BCUT2D eigenvalue weighted by atomic mass is 10.4. The van der Waals surface area contributed by atoms with Crippen molar-refractivity contribution in [2.45, 2.75) is 33.2 Å². The van der Waals surface area contributed by atoms with Gasteiger partial charge < -0.3 is 8.85 Å². The molecule has 0 aliphatic rings. The summed E-state index contributed by atoms with van der Waals surface area (Å²) in [6.07, 6.45) is 1.09. The van der Waals surface area contributed by atoms with Crippen LogP contribution in [-0.4, -0.2) is 21.8 Å². The quantitative estimate of drug-likeness (QED) is 0.716. The topological polar surface area (TPSA) is 18.5 Å². The van der Waals surface area contributed by atoms with Crippen molar-refractivity contribution in [1.29, 1.82) is 0 Å². The van der Waals surface area contributed by atoms with E-state index in [4.69, 9.17) is 8.85 Å². The second-order valence-electron chi connectivity index (χ2n) is 3.88. The van der Waals surface area contributed by atoms with Crippen molar-refractivity contribution in [3.05, 3.63) is 28.7 Å². The Morgan fingerprint density at radius 2 is 1.53 bits per heavy atom. The van der Waals surface area contributed by atoms with Crippen LogP contribution in [0.25, 0.3) is 0 Å². The lowest BCUT2D eigenvalue weighted by Crippen LogP contribution is -2.53. The molecule has 0 unspecified atom stereocenters. The fourth-order valence-corrected chi connectivity index (χ4v) is 5.52.